The molecule has 1 aromatic heterocycles. The van der Waals surface area contributed by atoms with E-state index in [1.165, 1.54) is 0 Å². The van der Waals surface area contributed by atoms with Crippen LogP contribution >= 0.6 is 15.9 Å². The van der Waals surface area contributed by atoms with Crippen LogP contribution in [0.3, 0.4) is 0 Å². The van der Waals surface area contributed by atoms with Crippen LogP contribution in [-0.4, -0.2) is 9.97 Å². The molecule has 0 aliphatic heterocycles. The molecule has 0 radical (unpaired) electrons. The summed E-state index contributed by atoms with van der Waals surface area (Å²) < 4.78 is 0.541. The van der Waals surface area contributed by atoms with Crippen molar-refractivity contribution in [3.63, 3.8) is 0 Å². The summed E-state index contributed by atoms with van der Waals surface area (Å²) in [4.78, 5) is 19.0. The smallest absolute Gasteiger partial charge is 0.265 e. The van der Waals surface area contributed by atoms with Crippen LogP contribution in [0, 0.1) is 0 Å². The molecule has 0 fully saturated rings. The van der Waals surface area contributed by atoms with Gasteiger partial charge in [-0.1, -0.05) is 43.7 Å². The first-order chi connectivity index (χ1) is 8.22. The lowest BCUT2D eigenvalue weighted by Crippen LogP contribution is -2.13. The maximum atomic E-state index is 11.8. The lowest BCUT2D eigenvalue weighted by Gasteiger charge is -2.05. The van der Waals surface area contributed by atoms with Gasteiger partial charge in [-0.15, -0.1) is 0 Å². The molecular formula is C13H13BrN2O. The minimum atomic E-state index is -0.123. The molecule has 88 valence electrons. The van der Waals surface area contributed by atoms with Crippen LogP contribution in [0.15, 0.2) is 39.6 Å². The topological polar surface area (TPSA) is 45.8 Å². The normalized spacial score (nSPS) is 10.5. The quantitative estimate of drug-likeness (QED) is 0.945. The molecule has 4 heteroatoms. The Morgan fingerprint density at radius 2 is 2.00 bits per heavy atom. The molecule has 0 saturated carbocycles. The van der Waals surface area contributed by atoms with Gasteiger partial charge in [-0.05, 0) is 22.4 Å². The third kappa shape index (κ3) is 2.64. The van der Waals surface area contributed by atoms with Crippen LogP contribution < -0.4 is 5.56 Å². The van der Waals surface area contributed by atoms with Crippen LogP contribution in [0.2, 0.25) is 0 Å². The van der Waals surface area contributed by atoms with Gasteiger partial charge in [0.05, 0.1) is 5.69 Å². The van der Waals surface area contributed by atoms with E-state index in [2.05, 4.69) is 32.8 Å². The van der Waals surface area contributed by atoms with Gasteiger partial charge in [0, 0.05) is 5.56 Å². The zero-order valence-corrected chi connectivity index (χ0v) is 11.1. The highest BCUT2D eigenvalue weighted by molar-refractivity contribution is 9.10. The molecule has 0 unspecified atom stereocenters. The van der Waals surface area contributed by atoms with E-state index >= 15 is 0 Å². The number of aromatic amines is 1. The molecule has 0 aliphatic rings. The number of hydrogen-bond donors (Lipinski definition) is 1. The van der Waals surface area contributed by atoms with Crippen molar-refractivity contribution in [1.29, 1.82) is 0 Å². The fourth-order valence-corrected chi connectivity index (χ4v) is 2.03. The molecule has 2 aromatic rings. The fourth-order valence-electron chi connectivity index (χ4n) is 1.64. The summed E-state index contributed by atoms with van der Waals surface area (Å²) in [5.41, 5.74) is 1.62. The van der Waals surface area contributed by atoms with Crippen molar-refractivity contribution in [2.75, 3.05) is 0 Å². The van der Waals surface area contributed by atoms with Gasteiger partial charge in [0.2, 0.25) is 0 Å². The molecule has 1 aromatic carbocycles. The van der Waals surface area contributed by atoms with Gasteiger partial charge in [-0.2, -0.15) is 0 Å². The first kappa shape index (κ1) is 12.0. The van der Waals surface area contributed by atoms with Crippen molar-refractivity contribution in [2.24, 2.45) is 0 Å². The highest BCUT2D eigenvalue weighted by Gasteiger charge is 2.09. The van der Waals surface area contributed by atoms with E-state index in [4.69, 9.17) is 0 Å². The lowest BCUT2D eigenvalue weighted by atomic mass is 10.2. The van der Waals surface area contributed by atoms with Gasteiger partial charge in [0.25, 0.3) is 5.56 Å². The summed E-state index contributed by atoms with van der Waals surface area (Å²) in [6.07, 6.45) is 1.76. The maximum Gasteiger partial charge on any atom is 0.265 e. The predicted octanol–water partition coefficient (Wildman–Crippen LogP) is 3.15. The number of hydrogen-bond acceptors (Lipinski definition) is 2. The van der Waals surface area contributed by atoms with E-state index in [1.807, 2.05) is 30.3 Å². The molecule has 0 saturated heterocycles. The Kier molecular flexibility index (Phi) is 3.74. The first-order valence-corrected chi connectivity index (χ1v) is 6.35. The number of halogens is 1. The Morgan fingerprint density at radius 3 is 2.65 bits per heavy atom. The van der Waals surface area contributed by atoms with Crippen molar-refractivity contribution in [3.05, 3.63) is 50.9 Å². The summed E-state index contributed by atoms with van der Waals surface area (Å²) in [6.45, 7) is 2.07. The SMILES string of the molecule is CCCc1nc(-c2ccccc2)[nH]c(=O)c1Br. The average molecular weight is 293 g/mol. The van der Waals surface area contributed by atoms with Crippen LogP contribution in [0.5, 0.6) is 0 Å². The molecule has 17 heavy (non-hydrogen) atoms. The molecule has 1 N–H and O–H groups in total. The van der Waals surface area contributed by atoms with Gasteiger partial charge in [-0.25, -0.2) is 4.98 Å². The lowest BCUT2D eigenvalue weighted by molar-refractivity contribution is 0.861. The van der Waals surface area contributed by atoms with E-state index in [1.54, 1.807) is 0 Å². The Hall–Kier alpha value is -1.42. The molecule has 2 rings (SSSR count). The van der Waals surface area contributed by atoms with Crippen molar-refractivity contribution in [2.45, 2.75) is 19.8 Å². The number of benzene rings is 1. The second-order valence-corrected chi connectivity index (χ2v) is 4.58. The van der Waals surface area contributed by atoms with Crippen molar-refractivity contribution in [3.8, 4) is 11.4 Å². The van der Waals surface area contributed by atoms with Gasteiger partial charge in [0.15, 0.2) is 0 Å². The number of H-pyrrole nitrogens is 1. The average Bonchev–Trinajstić information content (AvgIpc) is 2.36. The summed E-state index contributed by atoms with van der Waals surface area (Å²) in [5.74, 6) is 0.627. The Labute approximate surface area is 108 Å². The minimum absolute atomic E-state index is 0.123. The van der Waals surface area contributed by atoms with E-state index in [0.29, 0.717) is 10.3 Å². The van der Waals surface area contributed by atoms with E-state index in [-0.39, 0.29) is 5.56 Å². The molecule has 1 heterocycles. The van der Waals surface area contributed by atoms with Crippen molar-refractivity contribution < 1.29 is 0 Å². The van der Waals surface area contributed by atoms with Gasteiger partial charge in [-0.3, -0.25) is 4.79 Å². The second-order valence-electron chi connectivity index (χ2n) is 3.79. The largest absolute Gasteiger partial charge is 0.306 e. The van der Waals surface area contributed by atoms with Gasteiger partial charge < -0.3 is 4.98 Å². The standard InChI is InChI=1S/C13H13BrN2O/c1-2-6-10-11(14)13(17)16-12(15-10)9-7-4-3-5-8-9/h3-5,7-8H,2,6H2,1H3,(H,15,16,17). The first-order valence-electron chi connectivity index (χ1n) is 5.56. The molecule has 0 amide bonds. The van der Waals surface area contributed by atoms with Gasteiger partial charge >= 0.3 is 0 Å². The highest BCUT2D eigenvalue weighted by atomic mass is 79.9. The van der Waals surface area contributed by atoms with E-state index < -0.39 is 0 Å². The van der Waals surface area contributed by atoms with Crippen LogP contribution in [-0.2, 0) is 6.42 Å². The number of aromatic nitrogens is 2. The van der Waals surface area contributed by atoms with Crippen LogP contribution in [0.1, 0.15) is 19.0 Å². The molecule has 0 aliphatic carbocycles. The summed E-state index contributed by atoms with van der Waals surface area (Å²) in [6, 6.07) is 9.66. The number of nitrogens with zero attached hydrogens (tertiary/aromatic N) is 1. The molecule has 0 atom stereocenters. The Bertz CT molecular complexity index is 563. The van der Waals surface area contributed by atoms with E-state index in [9.17, 15) is 4.79 Å². The molecular weight excluding hydrogens is 280 g/mol. The summed E-state index contributed by atoms with van der Waals surface area (Å²) in [7, 11) is 0. The second kappa shape index (κ2) is 5.27. The summed E-state index contributed by atoms with van der Waals surface area (Å²) >= 11 is 3.28. The number of aryl methyl sites for hydroxylation is 1. The summed E-state index contributed by atoms with van der Waals surface area (Å²) in [5, 5.41) is 0. The Balaban J connectivity index is 2.53. The fraction of sp³-hybridized carbons (Fsp3) is 0.231. The maximum absolute atomic E-state index is 11.8. The Morgan fingerprint density at radius 1 is 1.29 bits per heavy atom. The molecule has 0 bridgehead atoms. The number of rotatable bonds is 3. The third-order valence-corrected chi connectivity index (χ3v) is 3.28. The number of nitrogens with one attached hydrogen (secondary N) is 1. The predicted molar refractivity (Wildman–Crippen MR) is 72.0 cm³/mol. The zero-order chi connectivity index (χ0) is 12.3. The molecule has 3 nitrogen and oxygen atoms in total. The van der Waals surface area contributed by atoms with E-state index in [0.717, 1.165) is 24.1 Å². The third-order valence-electron chi connectivity index (χ3n) is 2.47. The van der Waals surface area contributed by atoms with Crippen molar-refractivity contribution in [1.82, 2.24) is 9.97 Å². The van der Waals surface area contributed by atoms with Crippen molar-refractivity contribution >= 4 is 15.9 Å². The van der Waals surface area contributed by atoms with Crippen LogP contribution in [0.4, 0.5) is 0 Å². The van der Waals surface area contributed by atoms with Gasteiger partial charge in [0.1, 0.15) is 10.3 Å². The monoisotopic (exact) mass is 292 g/mol. The zero-order valence-electron chi connectivity index (χ0n) is 9.53. The molecule has 0 spiro atoms. The van der Waals surface area contributed by atoms with Crippen LogP contribution in [0.25, 0.3) is 11.4 Å². The minimum Gasteiger partial charge on any atom is -0.306 e. The highest BCUT2D eigenvalue weighted by Crippen LogP contribution is 2.17.